The van der Waals surface area contributed by atoms with Crippen LogP contribution in [-0.2, 0) is 20.9 Å². The minimum absolute atomic E-state index is 0.00355. The average Bonchev–Trinajstić information content (AvgIpc) is 2.85. The molecule has 7 nitrogen and oxygen atoms in total. The van der Waals surface area contributed by atoms with E-state index in [1.54, 1.807) is 28.8 Å². The number of rotatable bonds is 5. The number of nitro groups is 1. The Hall–Kier alpha value is -2.09. The lowest BCUT2D eigenvalue weighted by Crippen LogP contribution is -2.55. The van der Waals surface area contributed by atoms with E-state index in [2.05, 4.69) is 0 Å². The third-order valence-electron chi connectivity index (χ3n) is 4.32. The molecule has 2 saturated heterocycles. The fraction of sp³-hybridized carbons (Fsp3) is 0.467. The second kappa shape index (κ2) is 6.19. The van der Waals surface area contributed by atoms with E-state index in [9.17, 15) is 19.7 Å². The molecule has 0 aliphatic carbocycles. The number of ether oxygens (including phenoxy) is 1. The third kappa shape index (κ3) is 2.90. The number of nitrogens with zero attached hydrogens (tertiary/aromatic N) is 2. The van der Waals surface area contributed by atoms with Crippen LogP contribution in [0.1, 0.15) is 18.4 Å². The summed E-state index contributed by atoms with van der Waals surface area (Å²) < 4.78 is 5.33. The normalized spacial score (nSPS) is 25.7. The number of hydrogen-bond donors (Lipinski definition) is 0. The van der Waals surface area contributed by atoms with Crippen molar-refractivity contribution >= 4 is 29.3 Å². The smallest absolute Gasteiger partial charge is 0.330 e. The van der Waals surface area contributed by atoms with Gasteiger partial charge in [0.2, 0.25) is 5.91 Å². The van der Waals surface area contributed by atoms with E-state index in [0.29, 0.717) is 12.0 Å². The minimum Gasteiger partial charge on any atom is -0.459 e. The maximum atomic E-state index is 12.4. The van der Waals surface area contributed by atoms with Gasteiger partial charge in [0.1, 0.15) is 12.6 Å². The number of nitro benzene ring substituents is 1. The predicted octanol–water partition coefficient (Wildman–Crippen LogP) is 1.74. The van der Waals surface area contributed by atoms with Crippen molar-refractivity contribution < 1.29 is 19.2 Å². The molecule has 1 amide bonds. The van der Waals surface area contributed by atoms with Crippen molar-refractivity contribution in [3.63, 3.8) is 0 Å². The molecule has 2 aliphatic heterocycles. The Morgan fingerprint density at radius 2 is 2.13 bits per heavy atom. The van der Waals surface area contributed by atoms with Gasteiger partial charge in [0.05, 0.1) is 4.92 Å². The van der Waals surface area contributed by atoms with Crippen LogP contribution in [0.15, 0.2) is 24.3 Å². The van der Waals surface area contributed by atoms with Crippen LogP contribution in [0.4, 0.5) is 5.69 Å². The fourth-order valence-electron chi connectivity index (χ4n) is 3.10. The summed E-state index contributed by atoms with van der Waals surface area (Å²) in [4.78, 5) is 35.8. The maximum Gasteiger partial charge on any atom is 0.330 e. The highest BCUT2D eigenvalue weighted by Crippen LogP contribution is 2.40. The first-order chi connectivity index (χ1) is 11.0. The number of amides is 1. The lowest BCUT2D eigenvalue weighted by Gasteiger charge is -2.37. The van der Waals surface area contributed by atoms with Crippen molar-refractivity contribution in [3.05, 3.63) is 39.9 Å². The largest absolute Gasteiger partial charge is 0.459 e. The van der Waals surface area contributed by atoms with Gasteiger partial charge >= 0.3 is 5.97 Å². The Balaban J connectivity index is 1.62. The van der Waals surface area contributed by atoms with Gasteiger partial charge in [-0.3, -0.25) is 14.9 Å². The van der Waals surface area contributed by atoms with Gasteiger partial charge in [-0.05, 0) is 30.4 Å². The SMILES string of the molecule is CSC1CC2CC(=O)N2C1C(=O)OCc1ccc([N+](=O)[O-])cc1. The zero-order valence-corrected chi connectivity index (χ0v) is 13.3. The molecule has 0 aromatic heterocycles. The monoisotopic (exact) mass is 336 g/mol. The van der Waals surface area contributed by atoms with Crippen LogP contribution >= 0.6 is 11.8 Å². The molecule has 1 aromatic carbocycles. The van der Waals surface area contributed by atoms with Crippen molar-refractivity contribution in [2.45, 2.75) is 36.8 Å². The van der Waals surface area contributed by atoms with Crippen LogP contribution < -0.4 is 0 Å². The van der Waals surface area contributed by atoms with Crippen LogP contribution in [0.25, 0.3) is 0 Å². The number of carbonyl (C=O) groups excluding carboxylic acids is 2. The summed E-state index contributed by atoms with van der Waals surface area (Å²) in [5, 5.41) is 10.7. The molecule has 2 heterocycles. The molecule has 0 saturated carbocycles. The van der Waals surface area contributed by atoms with Gasteiger partial charge in [-0.1, -0.05) is 0 Å². The summed E-state index contributed by atoms with van der Waals surface area (Å²) in [5.41, 5.74) is 0.668. The quantitative estimate of drug-likeness (QED) is 0.352. The number of benzene rings is 1. The van der Waals surface area contributed by atoms with Crippen molar-refractivity contribution in [3.8, 4) is 0 Å². The Bertz CT molecular complexity index is 648. The molecule has 0 spiro atoms. The Morgan fingerprint density at radius 3 is 2.70 bits per heavy atom. The molecule has 0 bridgehead atoms. The zero-order chi connectivity index (χ0) is 16.6. The molecule has 8 heteroatoms. The number of thioether (sulfide) groups is 1. The summed E-state index contributed by atoms with van der Waals surface area (Å²) in [5.74, 6) is -0.401. The number of non-ortho nitro benzene ring substituents is 1. The van der Waals surface area contributed by atoms with E-state index < -0.39 is 16.9 Å². The first kappa shape index (κ1) is 15.8. The summed E-state index contributed by atoms with van der Waals surface area (Å²) in [6, 6.07) is 5.51. The van der Waals surface area contributed by atoms with E-state index in [-0.39, 0.29) is 29.5 Å². The van der Waals surface area contributed by atoms with Crippen molar-refractivity contribution in [2.24, 2.45) is 0 Å². The number of fused-ring (bicyclic) bond motifs is 1. The summed E-state index contributed by atoms with van der Waals surface area (Å²) >= 11 is 1.58. The van der Waals surface area contributed by atoms with E-state index >= 15 is 0 Å². The summed E-state index contributed by atoms with van der Waals surface area (Å²) in [6.07, 6.45) is 3.27. The molecule has 2 aliphatic rings. The molecule has 23 heavy (non-hydrogen) atoms. The summed E-state index contributed by atoms with van der Waals surface area (Å²) in [7, 11) is 0. The standard InChI is InChI=1S/C15H16N2O5S/c1-23-12-6-11-7-13(18)16(11)14(12)15(19)22-8-9-2-4-10(5-3-9)17(20)21/h2-5,11-12,14H,6-8H2,1H3. The lowest BCUT2D eigenvalue weighted by molar-refractivity contribution is -0.384. The fourth-order valence-corrected chi connectivity index (χ4v) is 4.01. The third-order valence-corrected chi connectivity index (χ3v) is 5.38. The van der Waals surface area contributed by atoms with Crippen molar-refractivity contribution in [1.82, 2.24) is 4.90 Å². The van der Waals surface area contributed by atoms with Gasteiger partial charge in [0.25, 0.3) is 5.69 Å². The predicted molar refractivity (Wildman–Crippen MR) is 83.9 cm³/mol. The Morgan fingerprint density at radius 1 is 1.43 bits per heavy atom. The molecular formula is C15H16N2O5S. The van der Waals surface area contributed by atoms with E-state index in [0.717, 1.165) is 6.42 Å². The van der Waals surface area contributed by atoms with Gasteiger partial charge in [-0.25, -0.2) is 4.79 Å². The van der Waals surface area contributed by atoms with Crippen LogP contribution in [0.5, 0.6) is 0 Å². The molecule has 0 radical (unpaired) electrons. The first-order valence-electron chi connectivity index (χ1n) is 7.25. The average molecular weight is 336 g/mol. The topological polar surface area (TPSA) is 89.8 Å². The van der Waals surface area contributed by atoms with Crippen molar-refractivity contribution in [2.75, 3.05) is 6.26 Å². The molecule has 3 unspecified atom stereocenters. The van der Waals surface area contributed by atoms with Gasteiger partial charge in [-0.15, -0.1) is 0 Å². The van der Waals surface area contributed by atoms with Crippen LogP contribution in [0.3, 0.4) is 0 Å². The van der Waals surface area contributed by atoms with Gasteiger partial charge in [0, 0.05) is 29.8 Å². The number of β-lactam (4-membered cyclic amide) rings is 1. The number of hydrogen-bond acceptors (Lipinski definition) is 6. The lowest BCUT2D eigenvalue weighted by atomic mass is 10.0. The second-order valence-corrected chi connectivity index (χ2v) is 6.72. The summed E-state index contributed by atoms with van der Waals surface area (Å²) in [6.45, 7) is 0.0428. The Labute approximate surface area is 137 Å². The zero-order valence-electron chi connectivity index (χ0n) is 12.5. The second-order valence-electron chi connectivity index (χ2n) is 5.64. The molecule has 1 aromatic rings. The van der Waals surface area contributed by atoms with Gasteiger partial charge in [-0.2, -0.15) is 11.8 Å². The highest BCUT2D eigenvalue weighted by atomic mass is 32.2. The van der Waals surface area contributed by atoms with E-state index in [1.165, 1.54) is 12.1 Å². The molecule has 0 N–H and O–H groups in total. The van der Waals surface area contributed by atoms with Crippen molar-refractivity contribution in [1.29, 1.82) is 0 Å². The Kier molecular flexibility index (Phi) is 4.25. The minimum atomic E-state index is -0.519. The first-order valence-corrected chi connectivity index (χ1v) is 8.54. The molecule has 3 atom stereocenters. The van der Waals surface area contributed by atoms with Crippen LogP contribution in [0.2, 0.25) is 0 Å². The molecule has 3 rings (SSSR count). The van der Waals surface area contributed by atoms with Crippen LogP contribution in [-0.4, -0.2) is 45.3 Å². The number of esters is 1. The van der Waals surface area contributed by atoms with Crippen LogP contribution in [0, 0.1) is 10.1 Å². The highest BCUT2D eigenvalue weighted by Gasteiger charge is 2.54. The van der Waals surface area contributed by atoms with E-state index in [1.807, 2.05) is 6.26 Å². The van der Waals surface area contributed by atoms with Gasteiger partial charge < -0.3 is 9.64 Å². The molecular weight excluding hydrogens is 320 g/mol. The van der Waals surface area contributed by atoms with E-state index in [4.69, 9.17) is 4.74 Å². The molecule has 122 valence electrons. The van der Waals surface area contributed by atoms with Gasteiger partial charge in [0.15, 0.2) is 0 Å². The molecule has 2 fully saturated rings. The maximum absolute atomic E-state index is 12.4. The highest BCUT2D eigenvalue weighted by molar-refractivity contribution is 7.99. The number of carbonyl (C=O) groups is 2.